The lowest BCUT2D eigenvalue weighted by Crippen LogP contribution is -2.38. The van der Waals surface area contributed by atoms with Gasteiger partial charge in [0.1, 0.15) is 6.04 Å². The topological polar surface area (TPSA) is 52.6 Å². The maximum atomic E-state index is 12.5. The predicted molar refractivity (Wildman–Crippen MR) is 93.1 cm³/mol. The Balaban J connectivity index is 1.99. The van der Waals surface area contributed by atoms with Gasteiger partial charge in [0.05, 0.1) is 6.61 Å². The Hall–Kier alpha value is -2.33. The van der Waals surface area contributed by atoms with E-state index in [9.17, 15) is 9.90 Å². The van der Waals surface area contributed by atoms with Crippen molar-refractivity contribution in [3.63, 3.8) is 0 Å². The normalized spacial score (nSPS) is 11.8. The number of hydrogen-bond acceptors (Lipinski definition) is 3. The first-order chi connectivity index (χ1) is 11.0. The molecule has 0 saturated heterocycles. The lowest BCUT2D eigenvalue weighted by Gasteiger charge is -2.23. The largest absolute Gasteiger partial charge is 0.392 e. The molecule has 2 N–H and O–H groups in total. The standard InChI is InChI=1S/C19H24N2O2/c1-14-7-4-5-9-17(14)12-21(3)19(23)15(2)20-18-10-6-8-16(11-18)13-22/h4-11,15,20,22H,12-13H2,1-3H3. The molecule has 0 radical (unpaired) electrons. The number of carbonyl (C=O) groups excluding carboxylic acids is 1. The van der Waals surface area contributed by atoms with Crippen LogP contribution < -0.4 is 5.32 Å². The van der Waals surface area contributed by atoms with Gasteiger partial charge in [-0.25, -0.2) is 0 Å². The van der Waals surface area contributed by atoms with Gasteiger partial charge >= 0.3 is 0 Å². The van der Waals surface area contributed by atoms with E-state index < -0.39 is 0 Å². The number of rotatable bonds is 6. The molecule has 1 unspecified atom stereocenters. The molecule has 122 valence electrons. The van der Waals surface area contributed by atoms with Gasteiger partial charge in [0.25, 0.3) is 0 Å². The van der Waals surface area contributed by atoms with Gasteiger partial charge in [-0.2, -0.15) is 0 Å². The summed E-state index contributed by atoms with van der Waals surface area (Å²) in [5.41, 5.74) is 3.99. The number of benzene rings is 2. The highest BCUT2D eigenvalue weighted by molar-refractivity contribution is 5.84. The van der Waals surface area contributed by atoms with Crippen LogP contribution >= 0.6 is 0 Å². The highest BCUT2D eigenvalue weighted by Gasteiger charge is 2.18. The van der Waals surface area contributed by atoms with Crippen LogP contribution in [0.3, 0.4) is 0 Å². The Bertz CT molecular complexity index is 670. The van der Waals surface area contributed by atoms with Crippen molar-refractivity contribution in [2.45, 2.75) is 33.0 Å². The molecule has 0 bridgehead atoms. The number of nitrogens with zero attached hydrogens (tertiary/aromatic N) is 1. The first kappa shape index (κ1) is 17.0. The zero-order valence-corrected chi connectivity index (χ0v) is 13.9. The molecule has 0 saturated carbocycles. The summed E-state index contributed by atoms with van der Waals surface area (Å²) in [4.78, 5) is 14.3. The lowest BCUT2D eigenvalue weighted by atomic mass is 10.1. The molecule has 2 rings (SSSR count). The molecule has 23 heavy (non-hydrogen) atoms. The van der Waals surface area contributed by atoms with Crippen molar-refractivity contribution in [1.82, 2.24) is 4.90 Å². The number of nitrogens with one attached hydrogen (secondary N) is 1. The van der Waals surface area contributed by atoms with Gasteiger partial charge in [0, 0.05) is 19.3 Å². The maximum Gasteiger partial charge on any atom is 0.244 e. The van der Waals surface area contributed by atoms with E-state index >= 15 is 0 Å². The first-order valence-corrected chi connectivity index (χ1v) is 7.77. The van der Waals surface area contributed by atoms with Crippen LogP contribution in [0, 0.1) is 6.92 Å². The van der Waals surface area contributed by atoms with Gasteiger partial charge in [-0.05, 0) is 42.7 Å². The summed E-state index contributed by atoms with van der Waals surface area (Å²) in [7, 11) is 1.82. The van der Waals surface area contributed by atoms with Crippen LogP contribution in [0.5, 0.6) is 0 Å². The number of anilines is 1. The van der Waals surface area contributed by atoms with Crippen molar-refractivity contribution in [3.8, 4) is 0 Å². The fraction of sp³-hybridized carbons (Fsp3) is 0.316. The molecular weight excluding hydrogens is 288 g/mol. The maximum absolute atomic E-state index is 12.5. The number of amides is 1. The Labute approximate surface area is 137 Å². The second-order valence-electron chi connectivity index (χ2n) is 5.85. The number of carbonyl (C=O) groups is 1. The summed E-state index contributed by atoms with van der Waals surface area (Å²) < 4.78 is 0. The monoisotopic (exact) mass is 312 g/mol. The highest BCUT2D eigenvalue weighted by atomic mass is 16.3. The molecule has 0 heterocycles. The van der Waals surface area contributed by atoms with Crippen molar-refractivity contribution in [3.05, 3.63) is 65.2 Å². The number of aliphatic hydroxyl groups excluding tert-OH is 1. The molecule has 0 fully saturated rings. The zero-order valence-electron chi connectivity index (χ0n) is 13.9. The average molecular weight is 312 g/mol. The molecular formula is C19H24N2O2. The smallest absolute Gasteiger partial charge is 0.244 e. The van der Waals surface area contributed by atoms with E-state index in [4.69, 9.17) is 0 Å². The lowest BCUT2D eigenvalue weighted by molar-refractivity contribution is -0.130. The van der Waals surface area contributed by atoms with E-state index in [-0.39, 0.29) is 18.6 Å². The fourth-order valence-corrected chi connectivity index (χ4v) is 2.52. The first-order valence-electron chi connectivity index (χ1n) is 7.77. The second-order valence-corrected chi connectivity index (χ2v) is 5.85. The Morgan fingerprint density at radius 3 is 2.65 bits per heavy atom. The molecule has 0 spiro atoms. The van der Waals surface area contributed by atoms with Gasteiger partial charge in [0.2, 0.25) is 5.91 Å². The molecule has 0 aliphatic heterocycles. The minimum Gasteiger partial charge on any atom is -0.392 e. The Kier molecular flexibility index (Phi) is 5.77. The zero-order chi connectivity index (χ0) is 16.8. The summed E-state index contributed by atoms with van der Waals surface area (Å²) in [6, 6.07) is 15.2. The predicted octanol–water partition coefficient (Wildman–Crippen LogP) is 2.95. The number of aliphatic hydroxyl groups is 1. The van der Waals surface area contributed by atoms with Crippen LogP contribution in [0.2, 0.25) is 0 Å². The van der Waals surface area contributed by atoms with Gasteiger partial charge in [-0.3, -0.25) is 4.79 Å². The number of hydrogen-bond donors (Lipinski definition) is 2. The van der Waals surface area contributed by atoms with Gasteiger partial charge < -0.3 is 15.3 Å². The van der Waals surface area contributed by atoms with E-state index in [2.05, 4.69) is 18.3 Å². The molecule has 2 aromatic rings. The molecule has 2 aromatic carbocycles. The van der Waals surface area contributed by atoms with E-state index in [1.807, 2.05) is 56.4 Å². The van der Waals surface area contributed by atoms with Crippen molar-refractivity contribution in [2.75, 3.05) is 12.4 Å². The number of aryl methyl sites for hydroxylation is 1. The van der Waals surface area contributed by atoms with Crippen molar-refractivity contribution < 1.29 is 9.90 Å². The average Bonchev–Trinajstić information content (AvgIpc) is 2.56. The highest BCUT2D eigenvalue weighted by Crippen LogP contribution is 2.14. The van der Waals surface area contributed by atoms with Crippen LogP contribution in [0.1, 0.15) is 23.6 Å². The van der Waals surface area contributed by atoms with Crippen molar-refractivity contribution in [2.24, 2.45) is 0 Å². The van der Waals surface area contributed by atoms with Gasteiger partial charge in [-0.15, -0.1) is 0 Å². The number of likely N-dealkylation sites (N-methyl/N-ethyl adjacent to an activating group) is 1. The molecule has 0 aliphatic carbocycles. The van der Waals surface area contributed by atoms with E-state index in [1.165, 1.54) is 5.56 Å². The molecule has 0 aromatic heterocycles. The minimum atomic E-state index is -0.335. The van der Waals surface area contributed by atoms with Gasteiger partial charge in [0.15, 0.2) is 0 Å². The third kappa shape index (κ3) is 4.57. The Morgan fingerprint density at radius 1 is 1.22 bits per heavy atom. The molecule has 4 nitrogen and oxygen atoms in total. The molecule has 1 atom stereocenters. The summed E-state index contributed by atoms with van der Waals surface area (Å²) in [5.74, 6) is 0.0302. The summed E-state index contributed by atoms with van der Waals surface area (Å²) in [5, 5.41) is 12.4. The van der Waals surface area contributed by atoms with E-state index in [0.717, 1.165) is 16.8 Å². The van der Waals surface area contributed by atoms with Gasteiger partial charge in [-0.1, -0.05) is 36.4 Å². The van der Waals surface area contributed by atoms with E-state index in [1.54, 1.807) is 4.90 Å². The molecule has 0 aliphatic rings. The Morgan fingerprint density at radius 2 is 1.96 bits per heavy atom. The fourth-order valence-electron chi connectivity index (χ4n) is 2.52. The van der Waals surface area contributed by atoms with Crippen LogP contribution in [0.25, 0.3) is 0 Å². The quantitative estimate of drug-likeness (QED) is 0.862. The van der Waals surface area contributed by atoms with Crippen LogP contribution in [0.4, 0.5) is 5.69 Å². The summed E-state index contributed by atoms with van der Waals surface area (Å²) in [6.07, 6.45) is 0. The molecule has 1 amide bonds. The van der Waals surface area contributed by atoms with Crippen molar-refractivity contribution >= 4 is 11.6 Å². The van der Waals surface area contributed by atoms with E-state index in [0.29, 0.717) is 6.54 Å². The third-order valence-corrected chi connectivity index (χ3v) is 3.91. The minimum absolute atomic E-state index is 0.00889. The third-order valence-electron chi connectivity index (χ3n) is 3.91. The second kappa shape index (κ2) is 7.79. The summed E-state index contributed by atoms with van der Waals surface area (Å²) in [6.45, 7) is 4.48. The van der Waals surface area contributed by atoms with Crippen LogP contribution in [0.15, 0.2) is 48.5 Å². The van der Waals surface area contributed by atoms with Crippen molar-refractivity contribution in [1.29, 1.82) is 0 Å². The van der Waals surface area contributed by atoms with Crippen LogP contribution in [-0.4, -0.2) is 29.0 Å². The summed E-state index contributed by atoms with van der Waals surface area (Å²) >= 11 is 0. The van der Waals surface area contributed by atoms with Crippen LogP contribution in [-0.2, 0) is 17.9 Å². The SMILES string of the molecule is Cc1ccccc1CN(C)C(=O)C(C)Nc1cccc(CO)c1. The molecule has 4 heteroatoms.